The first kappa shape index (κ1) is 21.3. The number of rotatable bonds is 4. The molecule has 1 aromatic carbocycles. The van der Waals surface area contributed by atoms with E-state index < -0.39 is 0 Å². The van der Waals surface area contributed by atoms with Crippen LogP contribution >= 0.6 is 11.6 Å². The standard InChI is InChI=1S/C22H30ClN5O2/c1-15-12-26(13-16(2)30-15)14-18-7-9-27(10-8-18)22(29)21-17(3)28(25-24-21)20-6-4-5-19(23)11-20/h4-6,11,15-16,18H,7-10,12-14H2,1-3H3. The minimum Gasteiger partial charge on any atom is -0.373 e. The highest BCUT2D eigenvalue weighted by molar-refractivity contribution is 6.30. The molecule has 1 aromatic heterocycles. The summed E-state index contributed by atoms with van der Waals surface area (Å²) in [5, 5.41) is 9.00. The fraction of sp³-hybridized carbons (Fsp3) is 0.591. The van der Waals surface area contributed by atoms with Crippen molar-refractivity contribution in [3.63, 3.8) is 0 Å². The topological polar surface area (TPSA) is 63.5 Å². The molecular weight excluding hydrogens is 402 g/mol. The largest absolute Gasteiger partial charge is 0.373 e. The minimum absolute atomic E-state index is 0.0344. The normalized spacial score (nSPS) is 23.7. The fourth-order valence-corrected chi connectivity index (χ4v) is 4.83. The summed E-state index contributed by atoms with van der Waals surface area (Å²) in [6.45, 7) is 10.8. The van der Waals surface area contributed by atoms with Crippen LogP contribution in [0.4, 0.5) is 0 Å². The van der Waals surface area contributed by atoms with Crippen molar-refractivity contribution in [1.82, 2.24) is 24.8 Å². The fourth-order valence-electron chi connectivity index (χ4n) is 4.65. The zero-order valence-electron chi connectivity index (χ0n) is 17.9. The van der Waals surface area contributed by atoms with E-state index in [4.69, 9.17) is 16.3 Å². The molecule has 2 saturated heterocycles. The molecular formula is C22H30ClN5O2. The molecule has 0 radical (unpaired) electrons. The lowest BCUT2D eigenvalue weighted by Gasteiger charge is -2.39. The van der Waals surface area contributed by atoms with Crippen molar-refractivity contribution in [3.05, 3.63) is 40.7 Å². The molecule has 30 heavy (non-hydrogen) atoms. The van der Waals surface area contributed by atoms with Gasteiger partial charge in [0, 0.05) is 37.7 Å². The number of carbonyl (C=O) groups excluding carboxylic acids is 1. The first-order valence-corrected chi connectivity index (χ1v) is 11.1. The Kier molecular flexibility index (Phi) is 6.41. The molecule has 1 amide bonds. The van der Waals surface area contributed by atoms with Gasteiger partial charge in [-0.2, -0.15) is 0 Å². The van der Waals surface area contributed by atoms with Crippen LogP contribution in [-0.4, -0.2) is 75.6 Å². The van der Waals surface area contributed by atoms with Crippen LogP contribution in [0.15, 0.2) is 24.3 Å². The van der Waals surface area contributed by atoms with Crippen molar-refractivity contribution in [3.8, 4) is 5.69 Å². The van der Waals surface area contributed by atoms with E-state index in [-0.39, 0.29) is 5.91 Å². The number of hydrogen-bond donors (Lipinski definition) is 0. The second-order valence-electron chi connectivity index (χ2n) is 8.63. The zero-order chi connectivity index (χ0) is 21.3. The lowest BCUT2D eigenvalue weighted by Crippen LogP contribution is -2.48. The number of carbonyl (C=O) groups is 1. The second kappa shape index (κ2) is 9.04. The molecule has 0 spiro atoms. The van der Waals surface area contributed by atoms with E-state index in [1.165, 1.54) is 0 Å². The molecule has 2 aliphatic heterocycles. The molecule has 7 nitrogen and oxygen atoms in total. The number of piperidine rings is 1. The van der Waals surface area contributed by atoms with Gasteiger partial charge in [-0.05, 0) is 57.7 Å². The molecule has 2 aliphatic rings. The zero-order valence-corrected chi connectivity index (χ0v) is 18.7. The minimum atomic E-state index is -0.0344. The van der Waals surface area contributed by atoms with Crippen LogP contribution in [0, 0.1) is 12.8 Å². The maximum atomic E-state index is 13.1. The van der Waals surface area contributed by atoms with Gasteiger partial charge in [-0.25, -0.2) is 4.68 Å². The highest BCUT2D eigenvalue weighted by atomic mass is 35.5. The van der Waals surface area contributed by atoms with E-state index >= 15 is 0 Å². The van der Waals surface area contributed by atoms with E-state index in [0.717, 1.165) is 56.9 Å². The van der Waals surface area contributed by atoms with Gasteiger partial charge in [-0.1, -0.05) is 22.9 Å². The Balaban J connectivity index is 1.36. The van der Waals surface area contributed by atoms with Gasteiger partial charge >= 0.3 is 0 Å². The number of halogens is 1. The molecule has 2 unspecified atom stereocenters. The number of benzene rings is 1. The summed E-state index contributed by atoms with van der Waals surface area (Å²) in [6, 6.07) is 7.39. The van der Waals surface area contributed by atoms with Gasteiger partial charge in [0.25, 0.3) is 5.91 Å². The Morgan fingerprint density at radius 2 is 1.90 bits per heavy atom. The van der Waals surface area contributed by atoms with Crippen molar-refractivity contribution in [2.45, 2.75) is 45.8 Å². The molecule has 2 aromatic rings. The molecule has 0 bridgehead atoms. The number of amides is 1. The SMILES string of the molecule is Cc1c(C(=O)N2CCC(CN3CC(C)OC(C)C3)CC2)nnn1-c1cccc(Cl)c1. The Morgan fingerprint density at radius 3 is 2.57 bits per heavy atom. The number of likely N-dealkylation sites (tertiary alicyclic amines) is 1. The molecule has 2 fully saturated rings. The number of nitrogens with zero attached hydrogens (tertiary/aromatic N) is 5. The maximum absolute atomic E-state index is 13.1. The van der Waals surface area contributed by atoms with Crippen LogP contribution in [0.5, 0.6) is 0 Å². The van der Waals surface area contributed by atoms with Crippen molar-refractivity contribution in [1.29, 1.82) is 0 Å². The van der Waals surface area contributed by atoms with E-state index in [0.29, 0.717) is 28.8 Å². The highest BCUT2D eigenvalue weighted by Gasteiger charge is 2.30. The summed E-state index contributed by atoms with van der Waals surface area (Å²) in [6.07, 6.45) is 2.63. The van der Waals surface area contributed by atoms with Crippen molar-refractivity contribution in [2.24, 2.45) is 5.92 Å². The van der Waals surface area contributed by atoms with Gasteiger partial charge in [0.05, 0.1) is 23.6 Å². The predicted molar refractivity (Wildman–Crippen MR) is 116 cm³/mol. The molecule has 8 heteroatoms. The van der Waals surface area contributed by atoms with Crippen LogP contribution in [0.2, 0.25) is 5.02 Å². The highest BCUT2D eigenvalue weighted by Crippen LogP contribution is 2.23. The first-order chi connectivity index (χ1) is 14.4. The van der Waals surface area contributed by atoms with Gasteiger partial charge < -0.3 is 9.64 Å². The number of ether oxygens (including phenoxy) is 1. The van der Waals surface area contributed by atoms with Crippen LogP contribution in [-0.2, 0) is 4.74 Å². The summed E-state index contributed by atoms with van der Waals surface area (Å²) < 4.78 is 7.51. The van der Waals surface area contributed by atoms with Crippen molar-refractivity contribution in [2.75, 3.05) is 32.7 Å². The lowest BCUT2D eigenvalue weighted by atomic mass is 9.95. The van der Waals surface area contributed by atoms with Gasteiger partial charge in [0.2, 0.25) is 0 Å². The van der Waals surface area contributed by atoms with Crippen LogP contribution in [0.3, 0.4) is 0 Å². The van der Waals surface area contributed by atoms with E-state index in [1.807, 2.05) is 36.1 Å². The van der Waals surface area contributed by atoms with E-state index in [1.54, 1.807) is 4.68 Å². The number of aromatic nitrogens is 3. The molecule has 162 valence electrons. The smallest absolute Gasteiger partial charge is 0.276 e. The van der Waals surface area contributed by atoms with Crippen LogP contribution < -0.4 is 0 Å². The third-order valence-electron chi connectivity index (χ3n) is 6.06. The summed E-state index contributed by atoms with van der Waals surface area (Å²) >= 11 is 6.09. The van der Waals surface area contributed by atoms with Gasteiger partial charge in [0.15, 0.2) is 5.69 Å². The van der Waals surface area contributed by atoms with Crippen LogP contribution in [0.1, 0.15) is 42.9 Å². The quantitative estimate of drug-likeness (QED) is 0.743. The number of hydrogen-bond acceptors (Lipinski definition) is 5. The second-order valence-corrected chi connectivity index (χ2v) is 9.06. The summed E-state index contributed by atoms with van der Waals surface area (Å²) in [5.74, 6) is 0.586. The average Bonchev–Trinajstić information content (AvgIpc) is 3.08. The van der Waals surface area contributed by atoms with Gasteiger partial charge in [0.1, 0.15) is 0 Å². The van der Waals surface area contributed by atoms with Crippen molar-refractivity contribution < 1.29 is 9.53 Å². The third kappa shape index (κ3) is 4.68. The third-order valence-corrected chi connectivity index (χ3v) is 6.30. The van der Waals surface area contributed by atoms with Gasteiger partial charge in [-0.3, -0.25) is 9.69 Å². The first-order valence-electron chi connectivity index (χ1n) is 10.8. The van der Waals surface area contributed by atoms with E-state index in [9.17, 15) is 4.79 Å². The average molecular weight is 432 g/mol. The molecule has 0 saturated carbocycles. The predicted octanol–water partition coefficient (Wildman–Crippen LogP) is 3.19. The Labute approximate surface area is 182 Å². The molecule has 0 N–H and O–H groups in total. The summed E-state index contributed by atoms with van der Waals surface area (Å²) in [5.41, 5.74) is 1.96. The Morgan fingerprint density at radius 1 is 1.20 bits per heavy atom. The van der Waals surface area contributed by atoms with Crippen molar-refractivity contribution >= 4 is 17.5 Å². The van der Waals surface area contributed by atoms with Gasteiger partial charge in [-0.15, -0.1) is 5.10 Å². The lowest BCUT2D eigenvalue weighted by molar-refractivity contribution is -0.0728. The van der Waals surface area contributed by atoms with Crippen LogP contribution in [0.25, 0.3) is 5.69 Å². The number of morpholine rings is 1. The summed E-state index contributed by atoms with van der Waals surface area (Å²) in [7, 11) is 0. The monoisotopic (exact) mass is 431 g/mol. The van der Waals surface area contributed by atoms with E-state index in [2.05, 4.69) is 29.1 Å². The Bertz CT molecular complexity index is 883. The molecule has 3 heterocycles. The Hall–Kier alpha value is -1.96. The molecule has 4 rings (SSSR count). The molecule has 0 aliphatic carbocycles. The molecule has 2 atom stereocenters. The maximum Gasteiger partial charge on any atom is 0.276 e. The summed E-state index contributed by atoms with van der Waals surface area (Å²) in [4.78, 5) is 17.5.